The number of carbonyl (C=O) groups is 1. The molecule has 1 aliphatic rings. The first kappa shape index (κ1) is 23.8. The van der Waals surface area contributed by atoms with Crippen LogP contribution >= 0.6 is 36.2 Å². The molecule has 0 bridgehead atoms. The van der Waals surface area contributed by atoms with Gasteiger partial charge in [0.25, 0.3) is 0 Å². The minimum Gasteiger partial charge on any atom is -0.380 e. The van der Waals surface area contributed by atoms with Gasteiger partial charge in [-0.25, -0.2) is 0 Å². The summed E-state index contributed by atoms with van der Waals surface area (Å²) in [5.74, 6) is 1.33. The van der Waals surface area contributed by atoms with Crippen LogP contribution in [0, 0.1) is 0 Å². The lowest BCUT2D eigenvalue weighted by Gasteiger charge is -2.34. The highest BCUT2D eigenvalue weighted by molar-refractivity contribution is 7.13. The van der Waals surface area contributed by atoms with E-state index in [1.165, 1.54) is 0 Å². The molecule has 1 amide bonds. The van der Waals surface area contributed by atoms with Crippen molar-refractivity contribution in [3.63, 3.8) is 0 Å². The number of hydrogen-bond donors (Lipinski definition) is 1. The number of thiophene rings is 1. The Morgan fingerprint density at radius 1 is 1.37 bits per heavy atom. The molecule has 0 aliphatic carbocycles. The van der Waals surface area contributed by atoms with Gasteiger partial charge in [-0.2, -0.15) is 4.98 Å². The van der Waals surface area contributed by atoms with Gasteiger partial charge in [-0.1, -0.05) is 11.2 Å². The molecule has 1 saturated heterocycles. The van der Waals surface area contributed by atoms with E-state index in [2.05, 4.69) is 15.0 Å². The number of ether oxygens (including phenoxy) is 1. The summed E-state index contributed by atoms with van der Waals surface area (Å²) in [4.78, 5) is 21.8. The van der Waals surface area contributed by atoms with Gasteiger partial charge in [0.1, 0.15) is 0 Å². The van der Waals surface area contributed by atoms with Crippen LogP contribution in [0.4, 0.5) is 0 Å². The van der Waals surface area contributed by atoms with E-state index in [0.717, 1.165) is 18.0 Å². The molecule has 2 aromatic heterocycles. The molecule has 8 nitrogen and oxygen atoms in total. The molecule has 3 heterocycles. The number of methoxy groups -OCH3 is 1. The van der Waals surface area contributed by atoms with E-state index in [1.54, 1.807) is 18.4 Å². The zero-order valence-corrected chi connectivity index (χ0v) is 17.5. The van der Waals surface area contributed by atoms with Gasteiger partial charge in [0.2, 0.25) is 17.6 Å². The van der Waals surface area contributed by atoms with E-state index >= 15 is 0 Å². The summed E-state index contributed by atoms with van der Waals surface area (Å²) in [6.07, 6.45) is 0.125. The van der Waals surface area contributed by atoms with Crippen molar-refractivity contribution in [3.8, 4) is 10.7 Å². The summed E-state index contributed by atoms with van der Waals surface area (Å²) in [5, 5.41) is 6.01. The van der Waals surface area contributed by atoms with Crippen LogP contribution in [0.25, 0.3) is 10.7 Å². The van der Waals surface area contributed by atoms with Crippen molar-refractivity contribution in [1.29, 1.82) is 0 Å². The van der Waals surface area contributed by atoms with E-state index in [4.69, 9.17) is 15.0 Å². The van der Waals surface area contributed by atoms with Crippen LogP contribution in [0.5, 0.6) is 0 Å². The van der Waals surface area contributed by atoms with Crippen LogP contribution in [0.2, 0.25) is 0 Å². The highest BCUT2D eigenvalue weighted by Gasteiger charge is 2.24. The molecule has 1 unspecified atom stereocenters. The smallest absolute Gasteiger partial charge is 0.241 e. The maximum atomic E-state index is 12.3. The summed E-state index contributed by atoms with van der Waals surface area (Å²) >= 11 is 1.59. The van der Waals surface area contributed by atoms with Gasteiger partial charge in [0.15, 0.2) is 0 Å². The van der Waals surface area contributed by atoms with Gasteiger partial charge in [0.05, 0.1) is 23.9 Å². The van der Waals surface area contributed by atoms with Crippen LogP contribution in [-0.4, -0.2) is 71.8 Å². The Balaban J connectivity index is 0.00000182. The Morgan fingerprint density at radius 3 is 2.70 bits per heavy atom. The molecule has 0 spiro atoms. The van der Waals surface area contributed by atoms with Crippen molar-refractivity contribution in [1.82, 2.24) is 19.9 Å². The highest BCUT2D eigenvalue weighted by Crippen LogP contribution is 2.21. The van der Waals surface area contributed by atoms with Crippen molar-refractivity contribution in [2.24, 2.45) is 5.73 Å². The van der Waals surface area contributed by atoms with Gasteiger partial charge < -0.3 is 19.9 Å². The minimum atomic E-state index is -0.209. The minimum absolute atomic E-state index is 0. The first-order valence-corrected chi connectivity index (χ1v) is 9.17. The van der Waals surface area contributed by atoms with Gasteiger partial charge in [-0.15, -0.1) is 36.2 Å². The fourth-order valence-electron chi connectivity index (χ4n) is 2.76. The van der Waals surface area contributed by atoms with Gasteiger partial charge in [-0.3, -0.25) is 9.69 Å². The van der Waals surface area contributed by atoms with Crippen LogP contribution in [0.1, 0.15) is 12.3 Å². The summed E-state index contributed by atoms with van der Waals surface area (Å²) in [5.41, 5.74) is 5.58. The fraction of sp³-hybridized carbons (Fsp3) is 0.562. The third-order valence-corrected chi connectivity index (χ3v) is 5.16. The Morgan fingerprint density at radius 2 is 2.11 bits per heavy atom. The van der Waals surface area contributed by atoms with E-state index in [0.29, 0.717) is 44.3 Å². The first-order valence-electron chi connectivity index (χ1n) is 8.29. The number of nitrogens with zero attached hydrogens (tertiary/aromatic N) is 4. The SMILES string of the molecule is COC(CN)CC(=O)N1CCN(Cc2nc(-c3cccs3)no2)CC1.Cl.Cl. The lowest BCUT2D eigenvalue weighted by atomic mass is 10.2. The molecule has 152 valence electrons. The molecule has 2 N–H and O–H groups in total. The number of hydrogen-bond acceptors (Lipinski definition) is 8. The number of rotatable bonds is 7. The second kappa shape index (κ2) is 11.6. The van der Waals surface area contributed by atoms with Crippen molar-refractivity contribution in [3.05, 3.63) is 23.4 Å². The normalized spacial score (nSPS) is 15.7. The lowest BCUT2D eigenvalue weighted by Crippen LogP contribution is -2.49. The standard InChI is InChI=1S/C16H23N5O3S.2ClH/c1-23-12(10-17)9-15(22)21-6-4-20(5-7-21)11-14-18-16(19-24-14)13-3-2-8-25-13;;/h2-3,8,12H,4-7,9-11,17H2,1H3;2*1H. The number of carbonyl (C=O) groups excluding carboxylic acids is 1. The third-order valence-electron chi connectivity index (χ3n) is 4.29. The predicted molar refractivity (Wildman–Crippen MR) is 108 cm³/mol. The highest BCUT2D eigenvalue weighted by atomic mass is 35.5. The van der Waals surface area contributed by atoms with Crippen LogP contribution in [-0.2, 0) is 16.1 Å². The predicted octanol–water partition coefficient (Wildman–Crippen LogP) is 1.65. The molecule has 2 aromatic rings. The van der Waals surface area contributed by atoms with Gasteiger partial charge in [-0.05, 0) is 11.4 Å². The summed E-state index contributed by atoms with van der Waals surface area (Å²) in [6, 6.07) is 3.93. The molecule has 11 heteroatoms. The molecular formula is C16H25Cl2N5O3S. The topological polar surface area (TPSA) is 97.7 Å². The largest absolute Gasteiger partial charge is 0.380 e. The van der Waals surface area contributed by atoms with E-state index in [1.807, 2.05) is 22.4 Å². The van der Waals surface area contributed by atoms with Crippen molar-refractivity contribution in [2.75, 3.05) is 39.8 Å². The van der Waals surface area contributed by atoms with Gasteiger partial charge in [0, 0.05) is 39.8 Å². The number of piperazine rings is 1. The van der Waals surface area contributed by atoms with Crippen molar-refractivity contribution < 1.29 is 14.1 Å². The van der Waals surface area contributed by atoms with Crippen molar-refractivity contribution in [2.45, 2.75) is 19.1 Å². The molecule has 1 aliphatic heterocycles. The van der Waals surface area contributed by atoms with Crippen LogP contribution < -0.4 is 5.73 Å². The van der Waals surface area contributed by atoms with Crippen molar-refractivity contribution >= 4 is 42.1 Å². The van der Waals surface area contributed by atoms with E-state index in [9.17, 15) is 4.79 Å². The molecule has 0 aromatic carbocycles. The van der Waals surface area contributed by atoms with E-state index < -0.39 is 0 Å². The lowest BCUT2D eigenvalue weighted by molar-refractivity contribution is -0.135. The number of amides is 1. The average molecular weight is 438 g/mol. The second-order valence-corrected chi connectivity index (χ2v) is 6.89. The first-order chi connectivity index (χ1) is 12.2. The Bertz CT molecular complexity index is 673. The summed E-state index contributed by atoms with van der Waals surface area (Å²) < 4.78 is 10.5. The molecule has 0 saturated carbocycles. The van der Waals surface area contributed by atoms with E-state index in [-0.39, 0.29) is 36.8 Å². The quantitative estimate of drug-likeness (QED) is 0.702. The number of aromatic nitrogens is 2. The monoisotopic (exact) mass is 437 g/mol. The molecule has 1 fully saturated rings. The zero-order chi connectivity index (χ0) is 17.6. The average Bonchev–Trinajstić information content (AvgIpc) is 3.31. The molecule has 0 radical (unpaired) electrons. The number of nitrogens with two attached hydrogens (primary N) is 1. The fourth-order valence-corrected chi connectivity index (χ4v) is 3.41. The Labute approximate surface area is 174 Å². The van der Waals surface area contributed by atoms with Gasteiger partial charge >= 0.3 is 0 Å². The molecule has 1 atom stereocenters. The zero-order valence-electron chi connectivity index (χ0n) is 15.1. The number of halogens is 2. The molecule has 3 rings (SSSR count). The summed E-state index contributed by atoms with van der Waals surface area (Å²) in [6.45, 7) is 3.89. The third kappa shape index (κ3) is 6.41. The van der Waals surface area contributed by atoms with Crippen LogP contribution in [0.3, 0.4) is 0 Å². The molecular weight excluding hydrogens is 413 g/mol. The maximum Gasteiger partial charge on any atom is 0.241 e. The Kier molecular flexibility index (Phi) is 10.2. The van der Waals surface area contributed by atoms with Crippen LogP contribution in [0.15, 0.2) is 22.0 Å². The second-order valence-electron chi connectivity index (χ2n) is 5.94. The summed E-state index contributed by atoms with van der Waals surface area (Å²) in [7, 11) is 1.58. The maximum absolute atomic E-state index is 12.3. The molecule has 27 heavy (non-hydrogen) atoms. The Hall–Kier alpha value is -1.23.